The van der Waals surface area contributed by atoms with E-state index >= 15 is 0 Å². The highest BCUT2D eigenvalue weighted by Crippen LogP contribution is 2.29. The minimum atomic E-state index is 0.0871. The molecule has 17 heavy (non-hydrogen) atoms. The van der Waals surface area contributed by atoms with E-state index in [-0.39, 0.29) is 5.78 Å². The van der Waals surface area contributed by atoms with Gasteiger partial charge in [0.25, 0.3) is 0 Å². The lowest BCUT2D eigenvalue weighted by atomic mass is 10.1. The third-order valence-electron chi connectivity index (χ3n) is 3.19. The van der Waals surface area contributed by atoms with Gasteiger partial charge in [0, 0.05) is 23.7 Å². The maximum Gasteiger partial charge on any atom is 0.159 e. The molecule has 0 aromatic heterocycles. The van der Waals surface area contributed by atoms with Crippen molar-refractivity contribution in [3.05, 3.63) is 28.2 Å². The smallest absolute Gasteiger partial charge is 0.159 e. The number of rotatable bonds is 3. The van der Waals surface area contributed by atoms with Crippen molar-refractivity contribution < 1.29 is 9.53 Å². The Balaban J connectivity index is 2.23. The van der Waals surface area contributed by atoms with Crippen LogP contribution in [0.4, 0.5) is 5.69 Å². The normalized spacial score (nSPS) is 19.4. The van der Waals surface area contributed by atoms with Gasteiger partial charge in [-0.3, -0.25) is 4.79 Å². The van der Waals surface area contributed by atoms with E-state index in [9.17, 15) is 4.79 Å². The van der Waals surface area contributed by atoms with E-state index in [0.717, 1.165) is 35.4 Å². The molecule has 0 bridgehead atoms. The van der Waals surface area contributed by atoms with Gasteiger partial charge in [-0.15, -0.1) is 0 Å². The molecular formula is C13H16BrNO2. The number of carbonyl (C=O) groups is 1. The van der Waals surface area contributed by atoms with E-state index in [1.165, 1.54) is 0 Å². The Morgan fingerprint density at radius 1 is 1.53 bits per heavy atom. The monoisotopic (exact) mass is 297 g/mol. The fourth-order valence-corrected chi connectivity index (χ4v) is 2.69. The van der Waals surface area contributed by atoms with Crippen molar-refractivity contribution >= 4 is 27.4 Å². The van der Waals surface area contributed by atoms with E-state index in [2.05, 4.69) is 27.9 Å². The molecule has 1 atom stereocenters. The number of halogens is 1. The molecule has 1 aromatic rings. The zero-order chi connectivity index (χ0) is 12.4. The summed E-state index contributed by atoms with van der Waals surface area (Å²) in [7, 11) is 2.06. The van der Waals surface area contributed by atoms with Crippen molar-refractivity contribution in [3.63, 3.8) is 0 Å². The SMILES string of the molecule is CC(=O)c1ccc(N(C)C2CCOC2)c(Br)c1. The first-order chi connectivity index (χ1) is 8.09. The predicted molar refractivity (Wildman–Crippen MR) is 71.8 cm³/mol. The third-order valence-corrected chi connectivity index (χ3v) is 3.82. The van der Waals surface area contributed by atoms with Crippen LogP contribution in [-0.4, -0.2) is 32.1 Å². The van der Waals surface area contributed by atoms with Crippen LogP contribution in [0.1, 0.15) is 23.7 Å². The number of ether oxygens (including phenoxy) is 1. The van der Waals surface area contributed by atoms with Gasteiger partial charge in [0.1, 0.15) is 0 Å². The van der Waals surface area contributed by atoms with Crippen LogP contribution in [-0.2, 0) is 4.74 Å². The van der Waals surface area contributed by atoms with E-state index < -0.39 is 0 Å². The Kier molecular flexibility index (Phi) is 3.84. The van der Waals surface area contributed by atoms with Crippen molar-refractivity contribution in [1.82, 2.24) is 0 Å². The second-order valence-corrected chi connectivity index (χ2v) is 5.21. The van der Waals surface area contributed by atoms with Gasteiger partial charge in [-0.2, -0.15) is 0 Å². The Morgan fingerprint density at radius 3 is 2.82 bits per heavy atom. The Labute approximate surface area is 110 Å². The molecule has 1 aromatic carbocycles. The topological polar surface area (TPSA) is 29.5 Å². The number of Topliss-reactive ketones (excluding diaryl/α,β-unsaturated/α-hetero) is 1. The number of nitrogens with zero attached hydrogens (tertiary/aromatic N) is 1. The molecule has 0 saturated carbocycles. The molecule has 2 rings (SSSR count). The van der Waals surface area contributed by atoms with E-state index in [0.29, 0.717) is 6.04 Å². The maximum absolute atomic E-state index is 11.3. The molecule has 0 spiro atoms. The second kappa shape index (κ2) is 5.19. The second-order valence-electron chi connectivity index (χ2n) is 4.35. The molecule has 1 saturated heterocycles. The number of ketones is 1. The number of anilines is 1. The minimum Gasteiger partial charge on any atom is -0.379 e. The Bertz CT molecular complexity index is 427. The van der Waals surface area contributed by atoms with Gasteiger partial charge >= 0.3 is 0 Å². The number of benzene rings is 1. The van der Waals surface area contributed by atoms with Crippen LogP contribution in [0.3, 0.4) is 0 Å². The van der Waals surface area contributed by atoms with Crippen LogP contribution in [0.25, 0.3) is 0 Å². The summed E-state index contributed by atoms with van der Waals surface area (Å²) in [6.45, 7) is 3.19. The summed E-state index contributed by atoms with van der Waals surface area (Å²) in [4.78, 5) is 13.5. The van der Waals surface area contributed by atoms with Crippen molar-refractivity contribution in [1.29, 1.82) is 0 Å². The van der Waals surface area contributed by atoms with Crippen molar-refractivity contribution in [2.75, 3.05) is 25.2 Å². The molecule has 1 heterocycles. The molecule has 1 unspecified atom stereocenters. The number of carbonyl (C=O) groups excluding carboxylic acids is 1. The van der Waals surface area contributed by atoms with Crippen molar-refractivity contribution in [2.45, 2.75) is 19.4 Å². The summed E-state index contributed by atoms with van der Waals surface area (Å²) in [5, 5.41) is 0. The molecule has 1 aliphatic heterocycles. The van der Waals surface area contributed by atoms with Crippen molar-refractivity contribution in [3.8, 4) is 0 Å². The fourth-order valence-electron chi connectivity index (χ4n) is 2.04. The molecule has 4 heteroatoms. The number of hydrogen-bond donors (Lipinski definition) is 0. The van der Waals surface area contributed by atoms with Gasteiger partial charge in [-0.1, -0.05) is 0 Å². The molecule has 0 N–H and O–H groups in total. The average Bonchev–Trinajstić information content (AvgIpc) is 2.81. The summed E-state index contributed by atoms with van der Waals surface area (Å²) in [6, 6.07) is 6.16. The highest BCUT2D eigenvalue weighted by Gasteiger charge is 2.22. The van der Waals surface area contributed by atoms with Crippen LogP contribution in [0.15, 0.2) is 22.7 Å². The molecule has 3 nitrogen and oxygen atoms in total. The summed E-state index contributed by atoms with van der Waals surface area (Å²) >= 11 is 3.53. The van der Waals surface area contributed by atoms with Gasteiger partial charge in [-0.05, 0) is 47.5 Å². The van der Waals surface area contributed by atoms with Gasteiger partial charge in [0.15, 0.2) is 5.78 Å². The average molecular weight is 298 g/mol. The zero-order valence-corrected chi connectivity index (χ0v) is 11.7. The predicted octanol–water partition coefficient (Wildman–Crippen LogP) is 2.88. The lowest BCUT2D eigenvalue weighted by Gasteiger charge is -2.26. The lowest BCUT2D eigenvalue weighted by molar-refractivity contribution is 0.101. The molecule has 0 radical (unpaired) electrons. The highest BCUT2D eigenvalue weighted by molar-refractivity contribution is 9.10. The largest absolute Gasteiger partial charge is 0.379 e. The number of hydrogen-bond acceptors (Lipinski definition) is 3. The summed E-state index contributed by atoms with van der Waals surface area (Å²) in [5.74, 6) is 0.0871. The van der Waals surface area contributed by atoms with Crippen LogP contribution in [0.5, 0.6) is 0 Å². The quantitative estimate of drug-likeness (QED) is 0.804. The Hall–Kier alpha value is -0.870. The van der Waals surface area contributed by atoms with Crippen LogP contribution in [0, 0.1) is 0 Å². The zero-order valence-electron chi connectivity index (χ0n) is 10.1. The van der Waals surface area contributed by atoms with Gasteiger partial charge < -0.3 is 9.64 Å². The van der Waals surface area contributed by atoms with Gasteiger partial charge in [0.05, 0.1) is 18.3 Å². The fraction of sp³-hybridized carbons (Fsp3) is 0.462. The molecule has 92 valence electrons. The minimum absolute atomic E-state index is 0.0871. The molecule has 1 fully saturated rings. The van der Waals surface area contributed by atoms with Crippen LogP contribution in [0.2, 0.25) is 0 Å². The van der Waals surface area contributed by atoms with Gasteiger partial charge in [0.2, 0.25) is 0 Å². The first-order valence-electron chi connectivity index (χ1n) is 5.70. The van der Waals surface area contributed by atoms with Crippen LogP contribution < -0.4 is 4.90 Å². The van der Waals surface area contributed by atoms with Crippen molar-refractivity contribution in [2.24, 2.45) is 0 Å². The van der Waals surface area contributed by atoms with E-state index in [1.54, 1.807) is 6.92 Å². The molecular weight excluding hydrogens is 282 g/mol. The number of likely N-dealkylation sites (N-methyl/N-ethyl adjacent to an activating group) is 1. The molecule has 0 aliphatic carbocycles. The van der Waals surface area contributed by atoms with E-state index in [1.807, 2.05) is 18.2 Å². The standard InChI is InChI=1S/C13H16BrNO2/c1-9(16)10-3-4-13(12(14)7-10)15(2)11-5-6-17-8-11/h3-4,7,11H,5-6,8H2,1-2H3. The summed E-state index contributed by atoms with van der Waals surface area (Å²) in [5.41, 5.74) is 1.84. The van der Waals surface area contributed by atoms with Crippen LogP contribution >= 0.6 is 15.9 Å². The molecule has 0 amide bonds. The molecule has 1 aliphatic rings. The first-order valence-corrected chi connectivity index (χ1v) is 6.50. The van der Waals surface area contributed by atoms with Gasteiger partial charge in [-0.25, -0.2) is 0 Å². The lowest BCUT2D eigenvalue weighted by Crippen LogP contribution is -2.32. The maximum atomic E-state index is 11.3. The van der Waals surface area contributed by atoms with E-state index in [4.69, 9.17) is 4.74 Å². The Morgan fingerprint density at radius 2 is 2.29 bits per heavy atom. The highest BCUT2D eigenvalue weighted by atomic mass is 79.9. The summed E-state index contributed by atoms with van der Waals surface area (Å²) in [6.07, 6.45) is 1.05. The summed E-state index contributed by atoms with van der Waals surface area (Å²) < 4.78 is 6.35. The third kappa shape index (κ3) is 2.69. The first kappa shape index (κ1) is 12.6.